The van der Waals surface area contributed by atoms with Crippen LogP contribution in [0.4, 0.5) is 0 Å². The molecule has 0 spiro atoms. The van der Waals surface area contributed by atoms with Crippen molar-refractivity contribution in [3.63, 3.8) is 0 Å². The average Bonchev–Trinajstić information content (AvgIpc) is 3.07. The van der Waals surface area contributed by atoms with Gasteiger partial charge in [-0.3, -0.25) is 0 Å². The molecule has 1 saturated carbocycles. The van der Waals surface area contributed by atoms with Crippen molar-refractivity contribution in [3.05, 3.63) is 69.6 Å². The fraction of sp³-hybridized carbons (Fsp3) is 0.360. The number of rotatable bonds is 3. The molecule has 0 bridgehead atoms. The zero-order valence-corrected chi connectivity index (χ0v) is 18.4. The van der Waals surface area contributed by atoms with Crippen molar-refractivity contribution in [2.45, 2.75) is 52.4 Å². The van der Waals surface area contributed by atoms with Gasteiger partial charge in [0, 0.05) is 26.2 Å². The van der Waals surface area contributed by atoms with Gasteiger partial charge in [-0.1, -0.05) is 87.9 Å². The van der Waals surface area contributed by atoms with E-state index in [2.05, 4.69) is 68.5 Å². The average molecular weight is 419 g/mol. The number of aryl methyl sites for hydroxylation is 2. The molecule has 1 heteroatoms. The van der Waals surface area contributed by atoms with Crippen LogP contribution in [0, 0.1) is 12.8 Å². The Hall–Kier alpha value is -1.20. The van der Waals surface area contributed by atoms with Gasteiger partial charge in [0.2, 0.25) is 0 Å². The Morgan fingerprint density at radius 1 is 1.00 bits per heavy atom. The van der Waals surface area contributed by atoms with Crippen molar-refractivity contribution in [3.8, 4) is 11.1 Å². The van der Waals surface area contributed by atoms with E-state index in [4.69, 9.17) is 0 Å². The molecule has 0 unspecified atom stereocenters. The number of fused-ring (bicyclic) bond motifs is 1. The van der Waals surface area contributed by atoms with Gasteiger partial charge in [-0.2, -0.15) is 0 Å². The number of benzene rings is 2. The summed E-state index contributed by atoms with van der Waals surface area (Å²) >= 11 is 0. The van der Waals surface area contributed by atoms with Crippen LogP contribution in [0.3, 0.4) is 0 Å². The Morgan fingerprint density at radius 2 is 1.73 bits per heavy atom. The minimum atomic E-state index is 0. The number of hydrogen-bond acceptors (Lipinski definition) is 0. The molecule has 2 aromatic carbocycles. The molecule has 0 heterocycles. The molecule has 4 rings (SSSR count). The molecule has 0 radical (unpaired) electrons. The molecule has 26 heavy (non-hydrogen) atoms. The van der Waals surface area contributed by atoms with Gasteiger partial charge in [0.25, 0.3) is 0 Å². The molecule has 1 fully saturated rings. The molecule has 2 aliphatic rings. The Balaban J connectivity index is 0.00000196. The quantitative estimate of drug-likeness (QED) is 0.603. The van der Waals surface area contributed by atoms with Gasteiger partial charge in [-0.25, -0.2) is 0 Å². The molecule has 0 aliphatic heterocycles. The van der Waals surface area contributed by atoms with Gasteiger partial charge in [-0.05, 0) is 23.5 Å². The Labute approximate surface area is 176 Å². The van der Waals surface area contributed by atoms with Crippen LogP contribution >= 0.6 is 0 Å². The third kappa shape index (κ3) is 4.04. The summed E-state index contributed by atoms with van der Waals surface area (Å²) in [5.41, 5.74) is 6.66. The summed E-state index contributed by atoms with van der Waals surface area (Å²) in [5.74, 6) is 0.745. The molecule has 0 N–H and O–H groups in total. The standard InChI is InChI=1S/C25H27.Zr/c1-3-19-10-12-22(13-11-19)23-14-9-18(2)24-16-21(17-25(23)24)15-20-7-5-4-6-8-20;/h9-15,17,20H,3-8H2,1-2H3;/q-1;. The molecule has 0 nitrogen and oxygen atoms in total. The van der Waals surface area contributed by atoms with Crippen LogP contribution in [0.5, 0.6) is 0 Å². The van der Waals surface area contributed by atoms with Crippen molar-refractivity contribution in [1.82, 2.24) is 0 Å². The maximum atomic E-state index is 3.69. The molecule has 2 aromatic rings. The minimum absolute atomic E-state index is 0. The predicted molar refractivity (Wildman–Crippen MR) is 108 cm³/mol. The maximum Gasteiger partial charge on any atom is 0 e. The second-order valence-corrected chi connectivity index (χ2v) is 7.56. The summed E-state index contributed by atoms with van der Waals surface area (Å²) in [6, 6.07) is 13.6. The maximum absolute atomic E-state index is 3.69. The van der Waals surface area contributed by atoms with E-state index in [0.717, 1.165) is 12.3 Å². The SMILES string of the molecule is CCc1ccc(-c2ccc(C)c3c2=CC(=CC2CCCCC2)[C-]=3)cc1.[Zr]. The zero-order valence-electron chi connectivity index (χ0n) is 15.9. The van der Waals surface area contributed by atoms with Crippen LogP contribution in [-0.4, -0.2) is 0 Å². The monoisotopic (exact) mass is 417 g/mol. The summed E-state index contributed by atoms with van der Waals surface area (Å²) in [4.78, 5) is 0. The van der Waals surface area contributed by atoms with E-state index in [1.165, 1.54) is 70.4 Å². The van der Waals surface area contributed by atoms with Gasteiger partial charge in [0.05, 0.1) is 0 Å². The van der Waals surface area contributed by atoms with Crippen molar-refractivity contribution < 1.29 is 26.2 Å². The Morgan fingerprint density at radius 3 is 2.42 bits per heavy atom. The fourth-order valence-electron chi connectivity index (χ4n) is 4.20. The van der Waals surface area contributed by atoms with E-state index in [-0.39, 0.29) is 26.2 Å². The topological polar surface area (TPSA) is 0 Å². The van der Waals surface area contributed by atoms with E-state index in [1.807, 2.05) is 0 Å². The summed E-state index contributed by atoms with van der Waals surface area (Å²) in [6.45, 7) is 4.41. The molecule has 132 valence electrons. The van der Waals surface area contributed by atoms with Gasteiger partial charge >= 0.3 is 0 Å². The van der Waals surface area contributed by atoms with Crippen LogP contribution in [0.25, 0.3) is 23.3 Å². The van der Waals surface area contributed by atoms with E-state index in [0.29, 0.717) is 0 Å². The fourth-order valence-corrected chi connectivity index (χ4v) is 4.20. The second-order valence-electron chi connectivity index (χ2n) is 7.56. The summed E-state index contributed by atoms with van der Waals surface area (Å²) in [6.07, 6.45) is 16.5. The van der Waals surface area contributed by atoms with Gasteiger partial charge in [0.15, 0.2) is 0 Å². The molecule has 0 amide bonds. The number of hydrogen-bond donors (Lipinski definition) is 0. The van der Waals surface area contributed by atoms with Crippen LogP contribution in [0.1, 0.15) is 50.2 Å². The first-order valence-electron chi connectivity index (χ1n) is 9.81. The van der Waals surface area contributed by atoms with Crippen molar-refractivity contribution >= 4 is 12.2 Å². The van der Waals surface area contributed by atoms with E-state index in [1.54, 1.807) is 0 Å². The van der Waals surface area contributed by atoms with E-state index in [9.17, 15) is 0 Å². The van der Waals surface area contributed by atoms with Gasteiger partial charge in [-0.15, -0.1) is 39.8 Å². The first kappa shape index (κ1) is 19.6. The minimum Gasteiger partial charge on any atom is -0.145 e. The van der Waals surface area contributed by atoms with E-state index >= 15 is 0 Å². The third-order valence-corrected chi connectivity index (χ3v) is 5.76. The first-order valence-corrected chi connectivity index (χ1v) is 9.81. The largest absolute Gasteiger partial charge is 0.145 e. The van der Waals surface area contributed by atoms with Gasteiger partial charge < -0.3 is 0 Å². The van der Waals surface area contributed by atoms with E-state index < -0.39 is 0 Å². The molecular formula is C25H27Zr-. The molecular weight excluding hydrogens is 391 g/mol. The van der Waals surface area contributed by atoms with Crippen LogP contribution < -0.4 is 10.4 Å². The normalized spacial score (nSPS) is 18.0. The van der Waals surface area contributed by atoms with Crippen molar-refractivity contribution in [1.29, 1.82) is 0 Å². The molecule has 0 atom stereocenters. The summed E-state index contributed by atoms with van der Waals surface area (Å²) in [5, 5.41) is 2.64. The Bertz CT molecular complexity index is 910. The number of allylic oxidation sites excluding steroid dienone is 2. The predicted octanol–water partition coefficient (Wildman–Crippen LogP) is 5.18. The van der Waals surface area contributed by atoms with Crippen LogP contribution in [0.2, 0.25) is 0 Å². The summed E-state index contributed by atoms with van der Waals surface area (Å²) in [7, 11) is 0. The van der Waals surface area contributed by atoms with Crippen LogP contribution in [0.15, 0.2) is 48.0 Å². The zero-order chi connectivity index (χ0) is 17.2. The molecule has 0 aromatic heterocycles. The molecule has 2 aliphatic carbocycles. The van der Waals surface area contributed by atoms with Crippen molar-refractivity contribution in [2.75, 3.05) is 0 Å². The molecule has 0 saturated heterocycles. The van der Waals surface area contributed by atoms with Crippen LogP contribution in [-0.2, 0) is 32.6 Å². The smallest absolute Gasteiger partial charge is 0 e. The first-order chi connectivity index (χ1) is 12.2. The second kappa shape index (κ2) is 8.66. The van der Waals surface area contributed by atoms with Crippen molar-refractivity contribution in [2.24, 2.45) is 5.92 Å². The summed E-state index contributed by atoms with van der Waals surface area (Å²) < 4.78 is 0. The third-order valence-electron chi connectivity index (χ3n) is 5.76. The Kier molecular flexibility index (Phi) is 6.52. The van der Waals surface area contributed by atoms with Gasteiger partial charge in [0.1, 0.15) is 0 Å².